The van der Waals surface area contributed by atoms with Gasteiger partial charge in [-0.15, -0.1) is 17.9 Å². The van der Waals surface area contributed by atoms with E-state index in [0.29, 0.717) is 17.0 Å². The molecule has 22 heavy (non-hydrogen) atoms. The van der Waals surface area contributed by atoms with Crippen LogP contribution in [-0.2, 0) is 4.79 Å². The summed E-state index contributed by atoms with van der Waals surface area (Å²) in [5, 5.41) is 0. The summed E-state index contributed by atoms with van der Waals surface area (Å²) < 4.78 is 0.890. The van der Waals surface area contributed by atoms with Crippen molar-refractivity contribution < 1.29 is 9.59 Å². The summed E-state index contributed by atoms with van der Waals surface area (Å²) in [7, 11) is 0. The molecule has 1 aromatic heterocycles. The van der Waals surface area contributed by atoms with Gasteiger partial charge in [-0.2, -0.15) is 0 Å². The van der Waals surface area contributed by atoms with E-state index in [1.807, 2.05) is 30.3 Å². The molecule has 2 heterocycles. The highest BCUT2D eigenvalue weighted by atomic mass is 79.9. The first-order chi connectivity index (χ1) is 10.6. The number of nitrogens with zero attached hydrogens (tertiary/aromatic N) is 1. The summed E-state index contributed by atoms with van der Waals surface area (Å²) in [4.78, 5) is 27.2. The molecule has 0 aliphatic carbocycles. The molecule has 1 amide bonds. The van der Waals surface area contributed by atoms with Crippen LogP contribution in [0.4, 0.5) is 5.69 Å². The van der Waals surface area contributed by atoms with Gasteiger partial charge in [0.15, 0.2) is 5.78 Å². The molecule has 0 fully saturated rings. The quantitative estimate of drug-likeness (QED) is 0.454. The van der Waals surface area contributed by atoms with Crippen LogP contribution in [0, 0.1) is 0 Å². The Morgan fingerprint density at radius 3 is 2.73 bits per heavy atom. The highest BCUT2D eigenvalue weighted by Crippen LogP contribution is 2.36. The van der Waals surface area contributed by atoms with E-state index in [-0.39, 0.29) is 11.7 Å². The summed E-state index contributed by atoms with van der Waals surface area (Å²) in [5.74, 6) is -0.320. The molecule has 1 aliphatic rings. The number of carbonyl (C=O) groups is 2. The molecule has 1 aromatic carbocycles. The average molecular weight is 374 g/mol. The number of halogens is 1. The number of rotatable bonds is 4. The number of para-hydroxylation sites is 1. The molecule has 3 rings (SSSR count). The molecule has 110 valence electrons. The Balaban J connectivity index is 2.03. The summed E-state index contributed by atoms with van der Waals surface area (Å²) in [5.41, 5.74) is 2.05. The first-order valence-electron chi connectivity index (χ1n) is 6.65. The van der Waals surface area contributed by atoms with Crippen molar-refractivity contribution in [3.63, 3.8) is 0 Å². The Morgan fingerprint density at radius 2 is 2.05 bits per heavy atom. The average Bonchev–Trinajstić information content (AvgIpc) is 3.05. The van der Waals surface area contributed by atoms with Gasteiger partial charge >= 0.3 is 0 Å². The Hall–Kier alpha value is -1.98. The van der Waals surface area contributed by atoms with Crippen LogP contribution in [0.5, 0.6) is 0 Å². The van der Waals surface area contributed by atoms with Gasteiger partial charge in [0, 0.05) is 18.2 Å². The normalized spacial score (nSPS) is 15.2. The number of thiophene rings is 1. The van der Waals surface area contributed by atoms with Crippen LogP contribution >= 0.6 is 27.3 Å². The van der Waals surface area contributed by atoms with E-state index in [1.165, 1.54) is 17.4 Å². The topological polar surface area (TPSA) is 37.4 Å². The van der Waals surface area contributed by atoms with Gasteiger partial charge in [0.25, 0.3) is 5.91 Å². The second-order valence-corrected chi connectivity index (χ2v) is 7.21. The van der Waals surface area contributed by atoms with Crippen molar-refractivity contribution in [3.8, 4) is 0 Å². The number of carbonyl (C=O) groups excluding carboxylic acids is 2. The lowest BCUT2D eigenvalue weighted by molar-refractivity contribution is -0.112. The maximum Gasteiger partial charge on any atom is 0.259 e. The van der Waals surface area contributed by atoms with Crippen molar-refractivity contribution in [2.45, 2.75) is 0 Å². The zero-order valence-corrected chi connectivity index (χ0v) is 14.0. The number of hydrogen-bond acceptors (Lipinski definition) is 3. The molecule has 0 saturated heterocycles. The number of amides is 1. The van der Waals surface area contributed by atoms with Gasteiger partial charge in [0.05, 0.1) is 19.9 Å². The summed E-state index contributed by atoms with van der Waals surface area (Å²) >= 11 is 4.69. The highest BCUT2D eigenvalue weighted by molar-refractivity contribution is 9.11. The number of benzene rings is 1. The second-order valence-electron chi connectivity index (χ2n) is 4.75. The zero-order valence-electron chi connectivity index (χ0n) is 11.6. The van der Waals surface area contributed by atoms with E-state index >= 15 is 0 Å². The van der Waals surface area contributed by atoms with E-state index < -0.39 is 0 Å². The molecule has 0 atom stereocenters. The van der Waals surface area contributed by atoms with E-state index in [4.69, 9.17) is 0 Å². The minimum absolute atomic E-state index is 0.158. The van der Waals surface area contributed by atoms with Gasteiger partial charge in [-0.1, -0.05) is 24.3 Å². The van der Waals surface area contributed by atoms with Crippen LogP contribution in [0.15, 0.2) is 58.9 Å². The first-order valence-corrected chi connectivity index (χ1v) is 8.26. The van der Waals surface area contributed by atoms with E-state index in [9.17, 15) is 9.59 Å². The van der Waals surface area contributed by atoms with Crippen LogP contribution in [0.1, 0.15) is 15.2 Å². The standard InChI is InChI=1S/C17H12BrNO2S/c1-2-9-19-13-6-4-3-5-11(13)12(17(19)21)10-14(20)15-7-8-16(18)22-15/h2-8,10H,1,9H2/b12-10-. The molecule has 2 aromatic rings. The minimum atomic E-state index is -0.162. The van der Waals surface area contributed by atoms with Crippen LogP contribution in [0.3, 0.4) is 0 Å². The lowest BCUT2D eigenvalue weighted by Crippen LogP contribution is -2.26. The van der Waals surface area contributed by atoms with Gasteiger partial charge in [-0.05, 0) is 34.1 Å². The molecule has 3 nitrogen and oxygen atoms in total. The number of allylic oxidation sites excluding steroid dienone is 1. The molecule has 5 heteroatoms. The first kappa shape index (κ1) is 14.9. The van der Waals surface area contributed by atoms with Crippen LogP contribution in [0.2, 0.25) is 0 Å². The number of fused-ring (bicyclic) bond motifs is 1. The zero-order chi connectivity index (χ0) is 15.7. The van der Waals surface area contributed by atoms with E-state index in [2.05, 4.69) is 22.5 Å². The molecule has 0 saturated carbocycles. The fourth-order valence-electron chi connectivity index (χ4n) is 2.41. The fraction of sp³-hybridized carbons (Fsp3) is 0.0588. The molecular formula is C17H12BrNO2S. The van der Waals surface area contributed by atoms with Gasteiger partial charge in [-0.25, -0.2) is 0 Å². The molecule has 0 unspecified atom stereocenters. The highest BCUT2D eigenvalue weighted by Gasteiger charge is 2.31. The Morgan fingerprint density at radius 1 is 1.27 bits per heavy atom. The number of ketones is 1. The third-order valence-electron chi connectivity index (χ3n) is 3.36. The third-order valence-corrected chi connectivity index (χ3v) is 5.00. The molecule has 0 radical (unpaired) electrons. The SMILES string of the molecule is C=CCN1C(=O)/C(=C\C(=O)c2ccc(Br)s2)c2ccccc21. The molecular weight excluding hydrogens is 362 g/mol. The van der Waals surface area contributed by atoms with Gasteiger partial charge < -0.3 is 4.90 Å². The van der Waals surface area contributed by atoms with Crippen molar-refractivity contribution in [1.29, 1.82) is 0 Å². The second kappa shape index (κ2) is 6.02. The third kappa shape index (κ3) is 2.58. The lowest BCUT2D eigenvalue weighted by atomic mass is 10.1. The number of hydrogen-bond donors (Lipinski definition) is 0. The van der Waals surface area contributed by atoms with Crippen molar-refractivity contribution in [2.75, 3.05) is 11.4 Å². The van der Waals surface area contributed by atoms with Gasteiger partial charge in [-0.3, -0.25) is 9.59 Å². The number of anilines is 1. The minimum Gasteiger partial charge on any atom is -0.304 e. The van der Waals surface area contributed by atoms with E-state index in [1.54, 1.807) is 17.0 Å². The Labute approximate surface area is 140 Å². The molecule has 0 N–H and O–H groups in total. The van der Waals surface area contributed by atoms with Crippen LogP contribution in [0.25, 0.3) is 5.57 Å². The maximum absolute atomic E-state index is 12.6. The van der Waals surface area contributed by atoms with Gasteiger partial charge in [0.1, 0.15) is 0 Å². The van der Waals surface area contributed by atoms with Crippen molar-refractivity contribution in [1.82, 2.24) is 0 Å². The van der Waals surface area contributed by atoms with E-state index in [0.717, 1.165) is 15.0 Å². The smallest absolute Gasteiger partial charge is 0.259 e. The van der Waals surface area contributed by atoms with Crippen LogP contribution in [-0.4, -0.2) is 18.2 Å². The fourth-order valence-corrected chi connectivity index (χ4v) is 3.70. The monoisotopic (exact) mass is 373 g/mol. The Bertz CT molecular complexity index is 806. The summed E-state index contributed by atoms with van der Waals surface area (Å²) in [6.45, 7) is 4.11. The molecule has 0 bridgehead atoms. The molecule has 0 spiro atoms. The largest absolute Gasteiger partial charge is 0.304 e. The lowest BCUT2D eigenvalue weighted by Gasteiger charge is -2.13. The van der Waals surface area contributed by atoms with Gasteiger partial charge in [0.2, 0.25) is 0 Å². The maximum atomic E-state index is 12.6. The summed E-state index contributed by atoms with van der Waals surface area (Å²) in [6.07, 6.45) is 3.11. The van der Waals surface area contributed by atoms with Crippen molar-refractivity contribution in [3.05, 3.63) is 69.4 Å². The van der Waals surface area contributed by atoms with Crippen molar-refractivity contribution in [2.24, 2.45) is 0 Å². The van der Waals surface area contributed by atoms with Crippen molar-refractivity contribution >= 4 is 50.2 Å². The van der Waals surface area contributed by atoms with Crippen LogP contribution < -0.4 is 4.90 Å². The Kier molecular flexibility index (Phi) is 4.09. The summed E-state index contributed by atoms with van der Waals surface area (Å²) in [6, 6.07) is 11.1. The predicted octanol–water partition coefficient (Wildman–Crippen LogP) is 4.31. The predicted molar refractivity (Wildman–Crippen MR) is 93.3 cm³/mol. The molecule has 1 aliphatic heterocycles.